The van der Waals surface area contributed by atoms with Crippen LogP contribution in [-0.4, -0.2) is 47.4 Å². The number of likely N-dealkylation sites (tertiary alicyclic amines) is 1. The Morgan fingerprint density at radius 3 is 2.95 bits per heavy atom. The van der Waals surface area contributed by atoms with Crippen LogP contribution in [0.15, 0.2) is 12.1 Å². The topological polar surface area (TPSA) is 91.3 Å². The van der Waals surface area contributed by atoms with Crippen LogP contribution in [0.2, 0.25) is 0 Å². The van der Waals surface area contributed by atoms with Crippen molar-refractivity contribution in [3.8, 4) is 0 Å². The molecule has 1 aromatic rings. The van der Waals surface area contributed by atoms with Gasteiger partial charge in [-0.3, -0.25) is 4.79 Å². The van der Waals surface area contributed by atoms with E-state index < -0.39 is 4.92 Å². The molecule has 19 heavy (non-hydrogen) atoms. The molecule has 1 fully saturated rings. The third kappa shape index (κ3) is 3.45. The van der Waals surface area contributed by atoms with Gasteiger partial charge in [-0.25, -0.2) is 4.98 Å². The van der Waals surface area contributed by atoms with Crippen LogP contribution in [0.4, 0.5) is 5.82 Å². The summed E-state index contributed by atoms with van der Waals surface area (Å²) in [5.41, 5.74) is 0.284. The molecule has 1 amide bonds. The van der Waals surface area contributed by atoms with Crippen LogP contribution >= 0.6 is 12.4 Å². The Labute approximate surface area is 116 Å². The lowest BCUT2D eigenvalue weighted by atomic mass is 10.1. The molecule has 0 radical (unpaired) electrons. The van der Waals surface area contributed by atoms with Crippen molar-refractivity contribution in [1.82, 2.24) is 15.2 Å². The largest absolute Gasteiger partial charge is 0.358 e. The van der Waals surface area contributed by atoms with E-state index in [1.54, 1.807) is 4.90 Å². The minimum Gasteiger partial charge on any atom is -0.358 e. The van der Waals surface area contributed by atoms with E-state index in [1.807, 2.05) is 7.05 Å². The van der Waals surface area contributed by atoms with Crippen molar-refractivity contribution in [3.05, 3.63) is 27.9 Å². The van der Waals surface area contributed by atoms with Crippen LogP contribution in [0, 0.1) is 16.0 Å². The van der Waals surface area contributed by atoms with Crippen LogP contribution in [0.25, 0.3) is 0 Å². The van der Waals surface area contributed by atoms with Crippen molar-refractivity contribution in [2.24, 2.45) is 5.92 Å². The second-order valence-electron chi connectivity index (χ2n) is 4.48. The summed E-state index contributed by atoms with van der Waals surface area (Å²) in [6.45, 7) is 2.29. The van der Waals surface area contributed by atoms with Gasteiger partial charge in [-0.05, 0) is 36.9 Å². The number of aromatic nitrogens is 1. The molecule has 1 atom stereocenters. The number of hydrogen-bond acceptors (Lipinski definition) is 4. The highest BCUT2D eigenvalue weighted by Crippen LogP contribution is 2.19. The van der Waals surface area contributed by atoms with E-state index in [-0.39, 0.29) is 29.8 Å². The number of rotatable bonds is 4. The molecular weight excluding hydrogens is 272 g/mol. The van der Waals surface area contributed by atoms with Crippen molar-refractivity contribution in [2.75, 3.05) is 26.7 Å². The predicted octanol–water partition coefficient (Wildman–Crippen LogP) is 1.03. The normalized spacial score (nSPS) is 18.2. The predicted molar refractivity (Wildman–Crippen MR) is 72.6 cm³/mol. The number of nitrogens with one attached hydrogen (secondary N) is 2. The van der Waals surface area contributed by atoms with Gasteiger partial charge in [-0.1, -0.05) is 0 Å². The zero-order chi connectivity index (χ0) is 13.1. The standard InChI is InChI=1S/C11H16N4O3.ClH/c1-12-6-8-4-5-14(7-8)11(16)9-2-3-10(13-9)15(17)18;/h2-3,8,12-13H,4-7H2,1H3;1H. The number of amides is 1. The summed E-state index contributed by atoms with van der Waals surface area (Å²) in [5.74, 6) is 0.148. The number of nitrogens with zero attached hydrogens (tertiary/aromatic N) is 2. The second-order valence-corrected chi connectivity index (χ2v) is 4.48. The molecule has 0 saturated carbocycles. The second kappa shape index (κ2) is 6.53. The van der Waals surface area contributed by atoms with Crippen molar-refractivity contribution in [1.29, 1.82) is 0 Å². The number of aromatic amines is 1. The van der Waals surface area contributed by atoms with E-state index in [4.69, 9.17) is 0 Å². The van der Waals surface area contributed by atoms with Crippen molar-refractivity contribution >= 4 is 24.1 Å². The van der Waals surface area contributed by atoms with Crippen LogP contribution in [-0.2, 0) is 0 Å². The highest BCUT2D eigenvalue weighted by molar-refractivity contribution is 5.93. The monoisotopic (exact) mass is 288 g/mol. The molecule has 1 unspecified atom stereocenters. The molecule has 1 aliphatic rings. The fourth-order valence-electron chi connectivity index (χ4n) is 2.26. The molecule has 0 aliphatic carbocycles. The van der Waals surface area contributed by atoms with Crippen molar-refractivity contribution in [2.45, 2.75) is 6.42 Å². The Morgan fingerprint density at radius 1 is 1.63 bits per heavy atom. The maximum Gasteiger partial charge on any atom is 0.321 e. The molecule has 7 nitrogen and oxygen atoms in total. The first kappa shape index (κ1) is 15.5. The first-order chi connectivity index (χ1) is 8.61. The van der Waals surface area contributed by atoms with Gasteiger partial charge in [-0.15, -0.1) is 12.4 Å². The zero-order valence-electron chi connectivity index (χ0n) is 10.6. The number of hydrogen-bond donors (Lipinski definition) is 2. The molecule has 1 saturated heterocycles. The molecule has 2 N–H and O–H groups in total. The van der Waals surface area contributed by atoms with Gasteiger partial charge in [0, 0.05) is 19.2 Å². The summed E-state index contributed by atoms with van der Waals surface area (Å²) >= 11 is 0. The van der Waals surface area contributed by atoms with Gasteiger partial charge < -0.3 is 20.3 Å². The average molecular weight is 289 g/mol. The Bertz CT molecular complexity index is 463. The molecule has 1 aliphatic heterocycles. The number of halogens is 1. The number of H-pyrrole nitrogens is 1. The number of carbonyl (C=O) groups is 1. The van der Waals surface area contributed by atoms with Crippen LogP contribution in [0.1, 0.15) is 16.9 Å². The summed E-state index contributed by atoms with van der Waals surface area (Å²) < 4.78 is 0. The van der Waals surface area contributed by atoms with E-state index in [0.29, 0.717) is 19.0 Å². The van der Waals surface area contributed by atoms with Gasteiger partial charge in [0.15, 0.2) is 5.69 Å². The van der Waals surface area contributed by atoms with Crippen LogP contribution < -0.4 is 5.32 Å². The van der Waals surface area contributed by atoms with Gasteiger partial charge in [0.05, 0.1) is 0 Å². The fraction of sp³-hybridized carbons (Fsp3) is 0.545. The number of carbonyl (C=O) groups excluding carboxylic acids is 1. The van der Waals surface area contributed by atoms with Crippen molar-refractivity contribution < 1.29 is 9.72 Å². The summed E-state index contributed by atoms with van der Waals surface area (Å²) in [7, 11) is 1.89. The molecule has 2 rings (SSSR count). The maximum atomic E-state index is 12.1. The zero-order valence-corrected chi connectivity index (χ0v) is 11.4. The molecular formula is C11H17ClN4O3. The lowest BCUT2D eigenvalue weighted by molar-refractivity contribution is -0.389. The summed E-state index contributed by atoms with van der Waals surface area (Å²) in [4.78, 5) is 26.3. The molecule has 0 aromatic carbocycles. The first-order valence-corrected chi connectivity index (χ1v) is 5.89. The fourth-order valence-corrected chi connectivity index (χ4v) is 2.26. The first-order valence-electron chi connectivity index (χ1n) is 5.89. The molecule has 106 valence electrons. The van der Waals surface area contributed by atoms with E-state index in [1.165, 1.54) is 12.1 Å². The van der Waals surface area contributed by atoms with Gasteiger partial charge >= 0.3 is 5.82 Å². The maximum absolute atomic E-state index is 12.1. The van der Waals surface area contributed by atoms with Gasteiger partial charge in [0.2, 0.25) is 0 Å². The molecule has 0 spiro atoms. The summed E-state index contributed by atoms with van der Waals surface area (Å²) in [5, 5.41) is 13.6. The smallest absolute Gasteiger partial charge is 0.321 e. The van der Waals surface area contributed by atoms with Gasteiger partial charge in [-0.2, -0.15) is 0 Å². The average Bonchev–Trinajstić information content (AvgIpc) is 2.97. The third-order valence-corrected chi connectivity index (χ3v) is 3.16. The van der Waals surface area contributed by atoms with Crippen LogP contribution in [0.5, 0.6) is 0 Å². The Hall–Kier alpha value is -1.60. The van der Waals surface area contributed by atoms with Crippen LogP contribution in [0.3, 0.4) is 0 Å². The highest BCUT2D eigenvalue weighted by Gasteiger charge is 2.28. The van der Waals surface area contributed by atoms with Gasteiger partial charge in [0.25, 0.3) is 5.91 Å². The third-order valence-electron chi connectivity index (χ3n) is 3.16. The van der Waals surface area contributed by atoms with E-state index in [2.05, 4.69) is 10.3 Å². The minimum atomic E-state index is -0.537. The lowest BCUT2D eigenvalue weighted by Crippen LogP contribution is -2.30. The molecule has 1 aromatic heterocycles. The summed E-state index contributed by atoms with van der Waals surface area (Å²) in [6, 6.07) is 2.78. The van der Waals surface area contributed by atoms with E-state index in [0.717, 1.165) is 13.0 Å². The highest BCUT2D eigenvalue weighted by atomic mass is 35.5. The molecule has 2 heterocycles. The Morgan fingerprint density at radius 2 is 2.37 bits per heavy atom. The molecule has 0 bridgehead atoms. The van der Waals surface area contributed by atoms with E-state index in [9.17, 15) is 14.9 Å². The minimum absolute atomic E-state index is 0. The molecule has 8 heteroatoms. The summed E-state index contributed by atoms with van der Waals surface area (Å²) in [6.07, 6.45) is 0.968. The Kier molecular flexibility index (Phi) is 5.31. The lowest BCUT2D eigenvalue weighted by Gasteiger charge is -2.14. The van der Waals surface area contributed by atoms with Crippen molar-refractivity contribution in [3.63, 3.8) is 0 Å². The number of nitro groups is 1. The van der Waals surface area contributed by atoms with E-state index >= 15 is 0 Å². The van der Waals surface area contributed by atoms with Gasteiger partial charge in [0.1, 0.15) is 0 Å². The quantitative estimate of drug-likeness (QED) is 0.639. The SMILES string of the molecule is CNCC1CCN(C(=O)c2ccc([N+](=O)[O-])[nH]2)C1.Cl. The Balaban J connectivity index is 0.00000180.